The number of nitrogen functional groups attached to an aromatic ring is 1. The lowest BCUT2D eigenvalue weighted by Crippen LogP contribution is -2.61. The summed E-state index contributed by atoms with van der Waals surface area (Å²) in [7, 11) is -9.53. The lowest BCUT2D eigenvalue weighted by Gasteiger charge is -2.42. The summed E-state index contributed by atoms with van der Waals surface area (Å²) in [4.78, 5) is 12.2. The van der Waals surface area contributed by atoms with Crippen LogP contribution in [-0.4, -0.2) is 130 Å². The summed E-state index contributed by atoms with van der Waals surface area (Å²) >= 11 is 0. The van der Waals surface area contributed by atoms with Crippen molar-refractivity contribution in [2.45, 2.75) is 74.6 Å². The third-order valence-electron chi connectivity index (χ3n) is 8.76. The monoisotopic (exact) mass is 797 g/mol. The summed E-state index contributed by atoms with van der Waals surface area (Å²) in [5.74, 6) is -1.06. The van der Waals surface area contributed by atoms with Gasteiger partial charge in [-0.1, -0.05) is 60.7 Å². The van der Waals surface area contributed by atoms with Gasteiger partial charge in [0.15, 0.2) is 29.9 Å². The Morgan fingerprint density at radius 3 is 2.04 bits per heavy atom. The number of nitrogens with two attached hydrogens (primary N) is 1. The number of hydrogen-bond acceptors (Lipinski definition) is 19. The van der Waals surface area contributed by atoms with E-state index in [2.05, 4.69) is 15.0 Å². The van der Waals surface area contributed by atoms with Gasteiger partial charge in [0.05, 0.1) is 32.8 Å². The largest absolute Gasteiger partial charge is 0.394 e. The van der Waals surface area contributed by atoms with Crippen LogP contribution >= 0.6 is 15.2 Å². The molecule has 2 aliphatic rings. The van der Waals surface area contributed by atoms with Crippen LogP contribution in [0.4, 0.5) is 5.82 Å². The lowest BCUT2D eigenvalue weighted by molar-refractivity contribution is -0.291. The van der Waals surface area contributed by atoms with Gasteiger partial charge in [0.2, 0.25) is 0 Å². The van der Waals surface area contributed by atoms with Crippen molar-refractivity contribution >= 4 is 32.2 Å². The van der Waals surface area contributed by atoms with E-state index in [1.807, 2.05) is 0 Å². The van der Waals surface area contributed by atoms with Gasteiger partial charge in [-0.2, -0.15) is 0 Å². The third kappa shape index (κ3) is 9.05. The van der Waals surface area contributed by atoms with Gasteiger partial charge >= 0.3 is 15.2 Å². The Labute approximate surface area is 307 Å². The van der Waals surface area contributed by atoms with Crippen LogP contribution in [0.5, 0.6) is 0 Å². The second-order valence-corrected chi connectivity index (χ2v) is 17.2. The number of aromatic nitrogens is 4. The molecule has 2 aliphatic heterocycles. The zero-order valence-electron chi connectivity index (χ0n) is 28.4. The molecule has 12 atom stereocenters. The molecule has 2 fully saturated rings. The molecule has 54 heavy (non-hydrogen) atoms. The highest BCUT2D eigenvalue weighted by molar-refractivity contribution is 7.71. The molecule has 0 amide bonds. The topological polar surface area (TPSA) is 301 Å². The van der Waals surface area contributed by atoms with Crippen LogP contribution in [0.3, 0.4) is 0 Å². The number of imidazole rings is 1. The van der Waals surface area contributed by atoms with Crippen LogP contribution in [0.1, 0.15) is 17.4 Å². The van der Waals surface area contributed by atoms with Crippen molar-refractivity contribution in [3.8, 4) is 0 Å². The second-order valence-electron chi connectivity index (χ2n) is 12.6. The SMILES string of the molecule is Nc1ncnc2c1ncn2[C@@H]1O[C@H](COP(=O)(CP(=O)(OCc2ccccc2)OC2OC([C@H](O)CO)[C@@H](O)[C@H](O)C2O)OCc2ccccc2)C(O)[C@@H]1O. The van der Waals surface area contributed by atoms with E-state index >= 15 is 0 Å². The van der Waals surface area contributed by atoms with Crippen LogP contribution in [0.15, 0.2) is 73.3 Å². The fraction of sp³-hybridized carbons (Fsp3) is 0.469. The van der Waals surface area contributed by atoms with Gasteiger partial charge in [-0.3, -0.25) is 18.2 Å². The van der Waals surface area contributed by atoms with Crippen molar-refractivity contribution in [3.05, 3.63) is 84.4 Å². The van der Waals surface area contributed by atoms with E-state index in [0.29, 0.717) is 11.1 Å². The van der Waals surface area contributed by atoms with Gasteiger partial charge in [0, 0.05) is 0 Å². The van der Waals surface area contributed by atoms with E-state index in [1.54, 1.807) is 60.7 Å². The predicted molar refractivity (Wildman–Crippen MR) is 185 cm³/mol. The normalized spacial score (nSPS) is 30.2. The van der Waals surface area contributed by atoms with Crippen molar-refractivity contribution in [2.75, 3.05) is 24.9 Å². The molecular formula is C32H41N5O15P2. The minimum Gasteiger partial charge on any atom is -0.394 e. The molecule has 0 spiro atoms. The number of aliphatic hydroxyl groups excluding tert-OH is 7. The first-order valence-corrected chi connectivity index (χ1v) is 20.1. The van der Waals surface area contributed by atoms with Gasteiger partial charge in [-0.25, -0.2) is 15.0 Å². The van der Waals surface area contributed by atoms with Gasteiger partial charge in [0.25, 0.3) is 0 Å². The van der Waals surface area contributed by atoms with E-state index < -0.39 is 102 Å². The molecule has 6 unspecified atom stereocenters. The molecule has 9 N–H and O–H groups in total. The van der Waals surface area contributed by atoms with E-state index in [9.17, 15) is 44.9 Å². The zero-order valence-corrected chi connectivity index (χ0v) is 30.2. The molecule has 294 valence electrons. The maximum Gasteiger partial charge on any atom is 0.345 e. The molecule has 0 bridgehead atoms. The van der Waals surface area contributed by atoms with Crippen molar-refractivity contribution in [3.63, 3.8) is 0 Å². The Balaban J connectivity index is 1.26. The minimum atomic E-state index is -4.84. The molecule has 2 aromatic heterocycles. The molecule has 22 heteroatoms. The Morgan fingerprint density at radius 2 is 1.41 bits per heavy atom. The van der Waals surface area contributed by atoms with Crippen molar-refractivity contribution < 1.29 is 72.4 Å². The quantitative estimate of drug-likeness (QED) is 0.0692. The number of benzene rings is 2. The Bertz CT molecular complexity index is 1930. The molecule has 0 radical (unpaired) electrons. The highest BCUT2D eigenvalue weighted by atomic mass is 31.2. The van der Waals surface area contributed by atoms with Gasteiger partial charge in [-0.05, 0) is 11.1 Å². The number of ether oxygens (including phenoxy) is 2. The predicted octanol–water partition coefficient (Wildman–Crippen LogP) is -0.00100. The van der Waals surface area contributed by atoms with Crippen LogP contribution in [-0.2, 0) is 49.9 Å². The zero-order chi connectivity index (χ0) is 38.6. The Hall–Kier alpha value is -3.27. The number of hydrogen-bond donors (Lipinski definition) is 8. The number of nitrogens with zero attached hydrogens (tertiary/aromatic N) is 4. The van der Waals surface area contributed by atoms with Gasteiger partial charge in [-0.15, -0.1) is 0 Å². The van der Waals surface area contributed by atoms with E-state index in [1.165, 1.54) is 17.2 Å². The van der Waals surface area contributed by atoms with Crippen LogP contribution in [0, 0.1) is 0 Å². The average molecular weight is 798 g/mol. The first-order chi connectivity index (χ1) is 25.8. The lowest BCUT2D eigenvalue weighted by atomic mass is 9.96. The summed E-state index contributed by atoms with van der Waals surface area (Å²) in [5, 5.41) is 73.3. The molecule has 20 nitrogen and oxygen atoms in total. The molecular weight excluding hydrogens is 756 g/mol. The van der Waals surface area contributed by atoms with Crippen molar-refractivity contribution in [1.29, 1.82) is 0 Å². The number of aliphatic hydroxyl groups is 7. The summed E-state index contributed by atoms with van der Waals surface area (Å²) in [6, 6.07) is 16.8. The van der Waals surface area contributed by atoms with Crippen LogP contribution in [0.25, 0.3) is 11.2 Å². The highest BCUT2D eigenvalue weighted by Gasteiger charge is 2.51. The maximum absolute atomic E-state index is 14.7. The smallest absolute Gasteiger partial charge is 0.345 e. The summed E-state index contributed by atoms with van der Waals surface area (Å²) in [5.41, 5.74) is 7.33. The number of anilines is 1. The standard InChI is InChI=1S/C32H41N5O15P2/c33-29-22-30(35-15-34-29)37(16-36-22)31-26(43)23(40)21(50-31)14-49-53(45,47-12-18-7-3-1-4-8-18)17-54(46,48-13-19-9-5-2-6-10-19)52-32-27(44)24(41)25(42)28(51-32)20(39)11-38/h1-10,15-16,20-21,23-28,31-32,38-44H,11-14,17H2,(H2,33,34,35)/t20-,21-,23?,24+,25+,26+,27?,28?,31-,32?,53?,54?/m1/s1. The second kappa shape index (κ2) is 17.3. The highest BCUT2D eigenvalue weighted by Crippen LogP contribution is 2.65. The summed E-state index contributed by atoms with van der Waals surface area (Å²) in [6.45, 7) is -2.34. The number of rotatable bonds is 16. The van der Waals surface area contributed by atoms with Crippen molar-refractivity contribution in [1.82, 2.24) is 19.5 Å². The average Bonchev–Trinajstić information content (AvgIpc) is 3.73. The van der Waals surface area contributed by atoms with Crippen LogP contribution < -0.4 is 5.73 Å². The van der Waals surface area contributed by atoms with E-state index in [-0.39, 0.29) is 23.6 Å². The Morgan fingerprint density at radius 1 is 0.778 bits per heavy atom. The molecule has 4 heterocycles. The fourth-order valence-corrected chi connectivity index (χ4v) is 10.4. The summed E-state index contributed by atoms with van der Waals surface area (Å²) in [6.07, 6.45) is -14.8. The third-order valence-corrected chi connectivity index (χ3v) is 13.6. The van der Waals surface area contributed by atoms with Gasteiger partial charge in [0.1, 0.15) is 60.7 Å². The minimum absolute atomic E-state index is 0.0706. The molecule has 2 saturated heterocycles. The first kappa shape index (κ1) is 40.4. The molecule has 4 aromatic rings. The number of fused-ring (bicyclic) bond motifs is 1. The Kier molecular flexibility index (Phi) is 12.9. The maximum atomic E-state index is 14.7. The molecule has 6 rings (SSSR count). The molecule has 0 aliphatic carbocycles. The van der Waals surface area contributed by atoms with E-state index in [4.69, 9.17) is 33.3 Å². The van der Waals surface area contributed by atoms with E-state index in [0.717, 1.165) is 0 Å². The van der Waals surface area contributed by atoms with Crippen molar-refractivity contribution in [2.24, 2.45) is 0 Å². The molecule has 2 aromatic carbocycles. The first-order valence-electron chi connectivity index (χ1n) is 16.6. The van der Waals surface area contributed by atoms with Gasteiger partial charge < -0.3 is 64.5 Å². The van der Waals surface area contributed by atoms with Crippen LogP contribution in [0.2, 0.25) is 0 Å². The summed E-state index contributed by atoms with van der Waals surface area (Å²) < 4.78 is 64.9. The fourth-order valence-electron chi connectivity index (χ4n) is 5.81. The molecule has 0 saturated carbocycles.